The first kappa shape index (κ1) is 17.0. The molecular weight excluding hydrogens is 344 g/mol. The van der Waals surface area contributed by atoms with E-state index < -0.39 is 10.8 Å². The van der Waals surface area contributed by atoms with Crippen LogP contribution in [-0.4, -0.2) is 20.4 Å². The zero-order chi connectivity index (χ0) is 18.8. The van der Waals surface area contributed by atoms with E-state index in [2.05, 4.69) is 9.88 Å². The Labute approximate surface area is 155 Å². The molecule has 2 aromatic carbocycles. The predicted molar refractivity (Wildman–Crippen MR) is 102 cm³/mol. The Morgan fingerprint density at radius 3 is 2.81 bits per heavy atom. The summed E-state index contributed by atoms with van der Waals surface area (Å²) in [6.45, 7) is 0.963. The molecule has 1 N–H and O–H groups in total. The maximum atomic E-state index is 12.6. The van der Waals surface area contributed by atoms with Crippen molar-refractivity contribution >= 4 is 17.3 Å². The molecule has 1 aromatic heterocycles. The number of aromatic nitrogens is 2. The molecule has 7 nitrogen and oxygen atoms in total. The molecule has 0 saturated carbocycles. The number of nitro benzene ring substituents is 1. The molecule has 2 heterocycles. The van der Waals surface area contributed by atoms with Crippen LogP contribution < -0.4 is 5.32 Å². The number of non-ortho nitro benzene ring substituents is 1. The Morgan fingerprint density at radius 2 is 2.00 bits per heavy atom. The Bertz CT molecular complexity index is 1000. The zero-order valence-electron chi connectivity index (χ0n) is 14.6. The number of carbonyl (C=O) groups excluding carboxylic acids is 1. The van der Waals surface area contributed by atoms with Crippen molar-refractivity contribution in [1.29, 1.82) is 0 Å². The van der Waals surface area contributed by atoms with Gasteiger partial charge in [-0.1, -0.05) is 24.3 Å². The number of hydrogen-bond donors (Lipinski definition) is 1. The molecule has 1 amide bonds. The first-order valence-corrected chi connectivity index (χ1v) is 8.83. The van der Waals surface area contributed by atoms with E-state index in [1.165, 1.54) is 18.2 Å². The van der Waals surface area contributed by atoms with Crippen molar-refractivity contribution in [2.75, 3.05) is 5.32 Å². The van der Waals surface area contributed by atoms with Crippen molar-refractivity contribution in [1.82, 2.24) is 9.55 Å². The number of nitro groups is 1. The van der Waals surface area contributed by atoms with Gasteiger partial charge in [-0.2, -0.15) is 0 Å². The highest BCUT2D eigenvalue weighted by Gasteiger charge is 2.17. The molecule has 136 valence electrons. The van der Waals surface area contributed by atoms with Gasteiger partial charge < -0.3 is 9.88 Å². The Balaban J connectivity index is 1.63. The minimum atomic E-state index is -0.514. The van der Waals surface area contributed by atoms with Gasteiger partial charge >= 0.3 is 0 Å². The maximum absolute atomic E-state index is 12.6. The third-order valence-corrected chi connectivity index (χ3v) is 4.68. The molecule has 0 spiro atoms. The molecule has 1 aliphatic heterocycles. The number of anilines is 1. The normalized spacial score (nSPS) is 13.0. The predicted octanol–water partition coefficient (Wildman–Crippen LogP) is 4.05. The summed E-state index contributed by atoms with van der Waals surface area (Å²) in [7, 11) is 0. The van der Waals surface area contributed by atoms with Crippen LogP contribution in [0.25, 0.3) is 11.3 Å². The van der Waals surface area contributed by atoms with Crippen molar-refractivity contribution in [3.63, 3.8) is 0 Å². The number of nitrogens with one attached hydrogen (secondary N) is 1. The monoisotopic (exact) mass is 362 g/mol. The van der Waals surface area contributed by atoms with Gasteiger partial charge in [0.2, 0.25) is 0 Å². The first-order valence-electron chi connectivity index (χ1n) is 8.83. The first-order chi connectivity index (χ1) is 13.1. The molecule has 0 unspecified atom stereocenters. The van der Waals surface area contributed by atoms with E-state index in [0.29, 0.717) is 5.69 Å². The van der Waals surface area contributed by atoms with Gasteiger partial charge in [0.05, 0.1) is 16.3 Å². The largest absolute Gasteiger partial charge is 0.334 e. The Hall–Kier alpha value is -3.48. The van der Waals surface area contributed by atoms with Crippen molar-refractivity contribution in [3.05, 3.63) is 76.2 Å². The highest BCUT2D eigenvalue weighted by Crippen LogP contribution is 2.29. The average molecular weight is 362 g/mol. The van der Waals surface area contributed by atoms with Crippen LogP contribution in [0.4, 0.5) is 11.4 Å². The van der Waals surface area contributed by atoms with E-state index >= 15 is 0 Å². The second-order valence-corrected chi connectivity index (χ2v) is 6.50. The van der Waals surface area contributed by atoms with Crippen LogP contribution in [0.1, 0.15) is 29.0 Å². The van der Waals surface area contributed by atoms with Crippen molar-refractivity contribution in [3.8, 4) is 11.3 Å². The summed E-state index contributed by atoms with van der Waals surface area (Å²) in [6.07, 6.45) is 5.27. The number of aryl methyl sites for hydroxylation is 2. The van der Waals surface area contributed by atoms with Gasteiger partial charge in [-0.3, -0.25) is 14.9 Å². The van der Waals surface area contributed by atoms with E-state index in [9.17, 15) is 14.9 Å². The Kier molecular flexibility index (Phi) is 4.42. The lowest BCUT2D eigenvalue weighted by atomic mass is 10.1. The number of amides is 1. The van der Waals surface area contributed by atoms with Crippen molar-refractivity contribution < 1.29 is 9.72 Å². The number of para-hydroxylation sites is 1. The number of carbonyl (C=O) groups is 1. The highest BCUT2D eigenvalue weighted by molar-refractivity contribution is 6.06. The van der Waals surface area contributed by atoms with Crippen molar-refractivity contribution in [2.24, 2.45) is 0 Å². The minimum absolute atomic E-state index is 0.113. The fourth-order valence-corrected chi connectivity index (χ4v) is 3.31. The van der Waals surface area contributed by atoms with Gasteiger partial charge in [0.1, 0.15) is 5.82 Å². The smallest absolute Gasteiger partial charge is 0.270 e. The second-order valence-electron chi connectivity index (χ2n) is 6.50. The molecule has 3 aromatic rings. The second kappa shape index (κ2) is 7.03. The van der Waals surface area contributed by atoms with E-state index in [0.717, 1.165) is 42.9 Å². The van der Waals surface area contributed by atoms with Crippen molar-refractivity contribution in [2.45, 2.75) is 25.8 Å². The standard InChI is InChI=1S/C20H18N4O3/c25-20(14-6-5-7-15(12-14)24(26)27)22-17-9-2-1-8-16(17)18-13-23-11-4-3-10-19(23)21-18/h1-2,5-9,12-13H,3-4,10-11H2,(H,22,25). The van der Waals surface area contributed by atoms with Crippen LogP contribution in [0.3, 0.4) is 0 Å². The van der Waals surface area contributed by atoms with Gasteiger partial charge in [0.15, 0.2) is 0 Å². The summed E-state index contributed by atoms with van der Waals surface area (Å²) >= 11 is 0. The van der Waals surface area contributed by atoms with Crippen LogP contribution in [0.15, 0.2) is 54.7 Å². The quantitative estimate of drug-likeness (QED) is 0.560. The maximum Gasteiger partial charge on any atom is 0.270 e. The minimum Gasteiger partial charge on any atom is -0.334 e. The number of fused-ring (bicyclic) bond motifs is 1. The molecule has 0 aliphatic carbocycles. The molecule has 0 atom stereocenters. The highest BCUT2D eigenvalue weighted by atomic mass is 16.6. The molecular formula is C20H18N4O3. The van der Waals surface area contributed by atoms with Crippen LogP contribution in [0.2, 0.25) is 0 Å². The lowest BCUT2D eigenvalue weighted by molar-refractivity contribution is -0.384. The summed E-state index contributed by atoms with van der Waals surface area (Å²) in [6, 6.07) is 13.1. The number of hydrogen-bond acceptors (Lipinski definition) is 4. The van der Waals surface area contributed by atoms with Crippen LogP contribution in [-0.2, 0) is 13.0 Å². The van der Waals surface area contributed by atoms with Crippen LogP contribution >= 0.6 is 0 Å². The van der Waals surface area contributed by atoms with E-state index in [1.54, 1.807) is 6.07 Å². The third-order valence-electron chi connectivity index (χ3n) is 4.68. The van der Waals surface area contributed by atoms with Gasteiger partial charge in [-0.05, 0) is 25.0 Å². The van der Waals surface area contributed by atoms with Gasteiger partial charge in [-0.25, -0.2) is 4.98 Å². The molecule has 27 heavy (non-hydrogen) atoms. The molecule has 0 saturated heterocycles. The molecule has 7 heteroatoms. The van der Waals surface area contributed by atoms with Gasteiger partial charge in [-0.15, -0.1) is 0 Å². The molecule has 0 fully saturated rings. The molecule has 0 radical (unpaired) electrons. The summed E-state index contributed by atoms with van der Waals surface area (Å²) in [5.74, 6) is 0.672. The fourth-order valence-electron chi connectivity index (χ4n) is 3.31. The Morgan fingerprint density at radius 1 is 1.15 bits per heavy atom. The number of imidazole rings is 1. The van der Waals surface area contributed by atoms with E-state index in [-0.39, 0.29) is 11.3 Å². The lowest BCUT2D eigenvalue weighted by Crippen LogP contribution is -2.12. The zero-order valence-corrected chi connectivity index (χ0v) is 14.6. The number of rotatable bonds is 4. The SMILES string of the molecule is O=C(Nc1ccccc1-c1cn2c(n1)CCCC2)c1cccc([N+](=O)[O-])c1. The number of benzene rings is 2. The molecule has 0 bridgehead atoms. The van der Waals surface area contributed by atoms with E-state index in [1.807, 2.05) is 30.5 Å². The number of nitrogens with zero attached hydrogens (tertiary/aromatic N) is 3. The van der Waals surface area contributed by atoms with Gasteiger partial charge in [0, 0.05) is 42.4 Å². The fraction of sp³-hybridized carbons (Fsp3) is 0.200. The summed E-state index contributed by atoms with van der Waals surface area (Å²) in [5.41, 5.74) is 2.41. The van der Waals surface area contributed by atoms with E-state index in [4.69, 9.17) is 4.98 Å². The lowest BCUT2D eigenvalue weighted by Gasteiger charge is -2.11. The average Bonchev–Trinajstić information content (AvgIpc) is 3.12. The molecule has 1 aliphatic rings. The summed E-state index contributed by atoms with van der Waals surface area (Å²) in [4.78, 5) is 27.7. The topological polar surface area (TPSA) is 90.1 Å². The molecule has 4 rings (SSSR count). The summed E-state index contributed by atoms with van der Waals surface area (Å²) < 4.78 is 2.16. The summed E-state index contributed by atoms with van der Waals surface area (Å²) in [5, 5.41) is 13.8. The van der Waals surface area contributed by atoms with Gasteiger partial charge in [0.25, 0.3) is 11.6 Å². The van der Waals surface area contributed by atoms with Crippen LogP contribution in [0, 0.1) is 10.1 Å². The third kappa shape index (κ3) is 3.44. The van der Waals surface area contributed by atoms with Crippen LogP contribution in [0.5, 0.6) is 0 Å².